The van der Waals surface area contributed by atoms with Gasteiger partial charge in [-0.1, -0.05) is 43.2 Å². The molecular formula is C17H20O2. The van der Waals surface area contributed by atoms with Crippen LogP contribution >= 0.6 is 0 Å². The standard InChI is InChI=1S/C17H20O2/c1-14(16-11-3-2-4-12-16)19-17(18)13-7-10-15-8-5-6-9-15/h2-4,10-15H,5-6,8-9H2,1H3/t7?,14-/m0/s1. The van der Waals surface area contributed by atoms with E-state index in [1.807, 2.05) is 43.3 Å². The molecule has 100 valence electrons. The highest BCUT2D eigenvalue weighted by atomic mass is 16.5. The summed E-state index contributed by atoms with van der Waals surface area (Å²) < 4.78 is 5.32. The second-order valence-corrected chi connectivity index (χ2v) is 5.01. The molecule has 0 saturated heterocycles. The third-order valence-electron chi connectivity index (χ3n) is 3.49. The normalized spacial score (nSPS) is 16.5. The van der Waals surface area contributed by atoms with Gasteiger partial charge < -0.3 is 4.74 Å². The Morgan fingerprint density at radius 1 is 1.32 bits per heavy atom. The SMILES string of the molecule is C[C@H](OC(=O)C=C=CC1CCCC1)c1ccccc1. The molecule has 1 atom stereocenters. The van der Waals surface area contributed by atoms with Crippen molar-refractivity contribution in [1.29, 1.82) is 0 Å². The monoisotopic (exact) mass is 256 g/mol. The maximum Gasteiger partial charge on any atom is 0.339 e. The van der Waals surface area contributed by atoms with Gasteiger partial charge in [-0.25, -0.2) is 4.79 Å². The third-order valence-corrected chi connectivity index (χ3v) is 3.49. The molecule has 2 heteroatoms. The first-order chi connectivity index (χ1) is 9.25. The lowest BCUT2D eigenvalue weighted by molar-refractivity contribution is -0.142. The zero-order valence-electron chi connectivity index (χ0n) is 11.3. The molecule has 0 amide bonds. The summed E-state index contributed by atoms with van der Waals surface area (Å²) in [6, 6.07) is 9.74. The molecule has 0 bridgehead atoms. The van der Waals surface area contributed by atoms with Gasteiger partial charge in [0, 0.05) is 0 Å². The smallest absolute Gasteiger partial charge is 0.339 e. The van der Waals surface area contributed by atoms with Crippen molar-refractivity contribution in [1.82, 2.24) is 0 Å². The molecule has 0 spiro atoms. The molecule has 0 aliphatic heterocycles. The van der Waals surface area contributed by atoms with Crippen molar-refractivity contribution >= 4 is 5.97 Å². The Morgan fingerprint density at radius 3 is 2.68 bits per heavy atom. The first-order valence-corrected chi connectivity index (χ1v) is 6.94. The lowest BCUT2D eigenvalue weighted by Crippen LogP contribution is -2.05. The third kappa shape index (κ3) is 4.42. The molecule has 0 N–H and O–H groups in total. The van der Waals surface area contributed by atoms with Crippen molar-refractivity contribution in [3.8, 4) is 0 Å². The number of hydrogen-bond donors (Lipinski definition) is 0. The van der Waals surface area contributed by atoms with Gasteiger partial charge in [0.15, 0.2) is 0 Å². The molecule has 19 heavy (non-hydrogen) atoms. The van der Waals surface area contributed by atoms with Gasteiger partial charge in [-0.15, -0.1) is 5.73 Å². The van der Waals surface area contributed by atoms with E-state index >= 15 is 0 Å². The van der Waals surface area contributed by atoms with Crippen molar-refractivity contribution in [3.05, 3.63) is 53.8 Å². The van der Waals surface area contributed by atoms with E-state index in [2.05, 4.69) is 5.73 Å². The Labute approximate surface area is 114 Å². The Morgan fingerprint density at radius 2 is 2.00 bits per heavy atom. The van der Waals surface area contributed by atoms with Crippen LogP contribution in [0, 0.1) is 5.92 Å². The molecule has 1 aliphatic carbocycles. The fourth-order valence-corrected chi connectivity index (χ4v) is 2.38. The van der Waals surface area contributed by atoms with E-state index in [1.165, 1.54) is 31.8 Å². The molecule has 0 unspecified atom stereocenters. The van der Waals surface area contributed by atoms with Crippen LogP contribution in [0.25, 0.3) is 0 Å². The minimum Gasteiger partial charge on any atom is -0.454 e. The zero-order chi connectivity index (χ0) is 13.5. The molecule has 1 fully saturated rings. The summed E-state index contributed by atoms with van der Waals surface area (Å²) in [5.41, 5.74) is 3.96. The van der Waals surface area contributed by atoms with Crippen LogP contribution in [-0.2, 0) is 9.53 Å². The van der Waals surface area contributed by atoms with E-state index in [0.717, 1.165) is 5.56 Å². The highest BCUT2D eigenvalue weighted by Gasteiger charge is 2.11. The van der Waals surface area contributed by atoms with Crippen LogP contribution in [0.5, 0.6) is 0 Å². The highest BCUT2D eigenvalue weighted by molar-refractivity contribution is 5.81. The van der Waals surface area contributed by atoms with Crippen LogP contribution in [0.3, 0.4) is 0 Å². The van der Waals surface area contributed by atoms with Crippen molar-refractivity contribution in [2.24, 2.45) is 5.92 Å². The molecule has 1 aromatic carbocycles. The summed E-state index contributed by atoms with van der Waals surface area (Å²) >= 11 is 0. The average molecular weight is 256 g/mol. The molecule has 0 heterocycles. The highest BCUT2D eigenvalue weighted by Crippen LogP contribution is 2.25. The van der Waals surface area contributed by atoms with Crippen LogP contribution < -0.4 is 0 Å². The van der Waals surface area contributed by atoms with Gasteiger partial charge >= 0.3 is 5.97 Å². The van der Waals surface area contributed by atoms with Gasteiger partial charge in [0.05, 0.1) is 6.08 Å². The molecule has 1 aromatic rings. The second kappa shape index (κ2) is 6.96. The van der Waals surface area contributed by atoms with E-state index in [9.17, 15) is 4.79 Å². The van der Waals surface area contributed by atoms with Gasteiger partial charge in [0.1, 0.15) is 6.10 Å². The fraction of sp³-hybridized carbons (Fsp3) is 0.412. The minimum atomic E-state index is -0.328. The molecule has 1 aliphatic rings. The molecule has 0 aromatic heterocycles. The summed E-state index contributed by atoms with van der Waals surface area (Å²) in [5.74, 6) is 0.265. The maximum absolute atomic E-state index is 11.6. The van der Waals surface area contributed by atoms with Gasteiger partial charge in [-0.3, -0.25) is 0 Å². The second-order valence-electron chi connectivity index (χ2n) is 5.01. The minimum absolute atomic E-state index is 0.224. The lowest BCUT2D eigenvalue weighted by Gasteiger charge is -2.11. The fourth-order valence-electron chi connectivity index (χ4n) is 2.38. The topological polar surface area (TPSA) is 26.3 Å². The average Bonchev–Trinajstić information content (AvgIpc) is 2.93. The van der Waals surface area contributed by atoms with E-state index in [-0.39, 0.29) is 12.1 Å². The Hall–Kier alpha value is -1.79. The van der Waals surface area contributed by atoms with Gasteiger partial charge in [-0.2, -0.15) is 0 Å². The number of hydrogen-bond acceptors (Lipinski definition) is 2. The largest absolute Gasteiger partial charge is 0.454 e. The van der Waals surface area contributed by atoms with Crippen LogP contribution in [0.15, 0.2) is 48.2 Å². The Balaban J connectivity index is 1.85. The van der Waals surface area contributed by atoms with Gasteiger partial charge in [0.25, 0.3) is 0 Å². The Bertz CT molecular complexity index is 463. The summed E-state index contributed by atoms with van der Waals surface area (Å²) in [7, 11) is 0. The predicted molar refractivity (Wildman–Crippen MR) is 75.6 cm³/mol. The van der Waals surface area contributed by atoms with Crippen molar-refractivity contribution < 1.29 is 9.53 Å². The number of carbonyl (C=O) groups is 1. The van der Waals surface area contributed by atoms with Crippen molar-refractivity contribution in [3.63, 3.8) is 0 Å². The first kappa shape index (κ1) is 13.6. The molecule has 1 saturated carbocycles. The molecule has 0 radical (unpaired) electrons. The first-order valence-electron chi connectivity index (χ1n) is 6.94. The maximum atomic E-state index is 11.6. The van der Waals surface area contributed by atoms with Crippen molar-refractivity contribution in [2.45, 2.75) is 38.7 Å². The zero-order valence-corrected chi connectivity index (χ0v) is 11.3. The van der Waals surface area contributed by atoms with E-state index in [0.29, 0.717) is 5.92 Å². The van der Waals surface area contributed by atoms with Gasteiger partial charge in [-0.05, 0) is 37.3 Å². The summed E-state index contributed by atoms with van der Waals surface area (Å²) in [6.07, 6.45) is 8.20. The number of carbonyl (C=O) groups excluding carboxylic acids is 1. The number of rotatable bonds is 4. The molecule has 2 nitrogen and oxygen atoms in total. The summed E-state index contributed by atoms with van der Waals surface area (Å²) in [4.78, 5) is 11.6. The quantitative estimate of drug-likeness (QED) is 0.458. The summed E-state index contributed by atoms with van der Waals surface area (Å²) in [6.45, 7) is 1.88. The van der Waals surface area contributed by atoms with E-state index in [1.54, 1.807) is 0 Å². The van der Waals surface area contributed by atoms with Crippen LogP contribution in [0.4, 0.5) is 0 Å². The lowest BCUT2D eigenvalue weighted by atomic mass is 10.1. The summed E-state index contributed by atoms with van der Waals surface area (Å²) in [5, 5.41) is 0. The van der Waals surface area contributed by atoms with Crippen LogP contribution in [-0.4, -0.2) is 5.97 Å². The number of esters is 1. The molecular weight excluding hydrogens is 236 g/mol. The number of ether oxygens (including phenoxy) is 1. The van der Waals surface area contributed by atoms with Crippen LogP contribution in [0.1, 0.15) is 44.3 Å². The van der Waals surface area contributed by atoms with E-state index in [4.69, 9.17) is 4.74 Å². The predicted octanol–water partition coefficient (Wildman–Crippen LogP) is 4.19. The van der Waals surface area contributed by atoms with Crippen LogP contribution in [0.2, 0.25) is 0 Å². The Kier molecular flexibility index (Phi) is 5.00. The van der Waals surface area contributed by atoms with Gasteiger partial charge in [0.2, 0.25) is 0 Å². The molecule has 2 rings (SSSR count). The van der Waals surface area contributed by atoms with E-state index < -0.39 is 0 Å². The van der Waals surface area contributed by atoms with Crippen molar-refractivity contribution in [2.75, 3.05) is 0 Å². The number of benzene rings is 1.